The van der Waals surface area contributed by atoms with Crippen molar-refractivity contribution in [2.45, 2.75) is 43.7 Å². The molecule has 6 heteroatoms. The summed E-state index contributed by atoms with van der Waals surface area (Å²) in [5, 5.41) is 3.53. The summed E-state index contributed by atoms with van der Waals surface area (Å²) in [5.41, 5.74) is 5.56. The van der Waals surface area contributed by atoms with Gasteiger partial charge in [0, 0.05) is 42.2 Å². The van der Waals surface area contributed by atoms with Crippen LogP contribution in [0.2, 0.25) is 0 Å². The normalized spacial score (nSPS) is 25.3. The van der Waals surface area contributed by atoms with Crippen molar-refractivity contribution in [2.75, 3.05) is 26.2 Å². The molecule has 1 aliphatic carbocycles. The maximum absolute atomic E-state index is 13.2. The van der Waals surface area contributed by atoms with Gasteiger partial charge in [0.25, 0.3) is 5.56 Å². The minimum absolute atomic E-state index is 0. The smallest absolute Gasteiger partial charge is 0.255 e. The van der Waals surface area contributed by atoms with Crippen LogP contribution in [0.3, 0.4) is 0 Å². The number of hydrogen-bond acceptors (Lipinski definition) is 3. The van der Waals surface area contributed by atoms with Gasteiger partial charge in [-0.15, -0.1) is 24.8 Å². The number of fused-ring (bicyclic) bond motifs is 6. The highest BCUT2D eigenvalue weighted by molar-refractivity contribution is 5.85. The Morgan fingerprint density at radius 3 is 2.68 bits per heavy atom. The lowest BCUT2D eigenvalue weighted by molar-refractivity contribution is 0.176. The fourth-order valence-electron chi connectivity index (χ4n) is 6.18. The van der Waals surface area contributed by atoms with Gasteiger partial charge in [0.1, 0.15) is 0 Å². The minimum Gasteiger partial charge on any atom is -0.316 e. The number of likely N-dealkylation sites (tertiary alicyclic amines) is 1. The van der Waals surface area contributed by atoms with Crippen LogP contribution in [-0.4, -0.2) is 35.6 Å². The molecule has 31 heavy (non-hydrogen) atoms. The second kappa shape index (κ2) is 8.74. The van der Waals surface area contributed by atoms with Crippen molar-refractivity contribution in [2.24, 2.45) is 5.92 Å². The SMILES string of the molecule is Cl.Cl.O=c1c(CN2CCC3(C=Cc4ccccc43)CC2)ccc2n1C[C@@H]1CNC[C@H]2C1. The number of aromatic nitrogens is 1. The van der Waals surface area contributed by atoms with Gasteiger partial charge in [0.05, 0.1) is 0 Å². The lowest BCUT2D eigenvalue weighted by atomic mass is 9.74. The number of halogens is 2. The summed E-state index contributed by atoms with van der Waals surface area (Å²) in [6.45, 7) is 5.84. The second-order valence-corrected chi connectivity index (χ2v) is 9.51. The van der Waals surface area contributed by atoms with E-state index in [1.54, 1.807) is 0 Å². The van der Waals surface area contributed by atoms with E-state index < -0.39 is 0 Å². The van der Waals surface area contributed by atoms with Gasteiger partial charge in [-0.05, 0) is 62.0 Å². The van der Waals surface area contributed by atoms with E-state index in [-0.39, 0.29) is 35.8 Å². The summed E-state index contributed by atoms with van der Waals surface area (Å²) in [4.78, 5) is 15.7. The van der Waals surface area contributed by atoms with Crippen LogP contribution in [0.5, 0.6) is 0 Å². The van der Waals surface area contributed by atoms with E-state index >= 15 is 0 Å². The molecule has 4 nitrogen and oxygen atoms in total. The molecule has 4 aliphatic rings. The Morgan fingerprint density at radius 2 is 1.84 bits per heavy atom. The topological polar surface area (TPSA) is 37.3 Å². The van der Waals surface area contributed by atoms with E-state index in [4.69, 9.17) is 0 Å². The summed E-state index contributed by atoms with van der Waals surface area (Å²) >= 11 is 0. The molecule has 0 saturated carbocycles. The number of nitrogens with one attached hydrogen (secondary N) is 1. The fourth-order valence-corrected chi connectivity index (χ4v) is 6.18. The standard InChI is InChI=1S/C25H29N3O.2ClH/c29-24-20(5-6-23-21-13-18(14-26-15-21)16-28(23)24)17-27-11-9-25(10-12-27)8-7-19-3-1-2-4-22(19)25;;/h1-8,18,21,26H,9-17H2;2*1H/t18-,21+;;/m0../s1. The molecular weight excluding hydrogens is 429 g/mol. The molecule has 1 aromatic heterocycles. The van der Waals surface area contributed by atoms with Crippen molar-refractivity contribution in [1.29, 1.82) is 0 Å². The van der Waals surface area contributed by atoms with Crippen molar-refractivity contribution >= 4 is 30.9 Å². The summed E-state index contributed by atoms with van der Waals surface area (Å²) in [7, 11) is 0. The van der Waals surface area contributed by atoms with Gasteiger partial charge in [-0.3, -0.25) is 9.69 Å². The molecule has 6 rings (SSSR count). The Kier molecular flexibility index (Phi) is 6.37. The van der Waals surface area contributed by atoms with Crippen molar-refractivity contribution in [1.82, 2.24) is 14.8 Å². The molecule has 0 amide bonds. The summed E-state index contributed by atoms with van der Waals surface area (Å²) in [6.07, 6.45) is 8.24. The first kappa shape index (κ1) is 22.6. The molecule has 2 aromatic rings. The number of allylic oxidation sites excluding steroid dienone is 1. The Hall–Kier alpha value is -1.59. The number of pyridine rings is 1. The van der Waals surface area contributed by atoms with Crippen molar-refractivity contribution < 1.29 is 0 Å². The Labute approximate surface area is 196 Å². The molecule has 0 unspecified atom stereocenters. The molecule has 4 heterocycles. The van der Waals surface area contributed by atoms with E-state index in [0.29, 0.717) is 11.8 Å². The van der Waals surface area contributed by atoms with Crippen LogP contribution < -0.4 is 10.9 Å². The van der Waals surface area contributed by atoms with Gasteiger partial charge in [0.15, 0.2) is 0 Å². The van der Waals surface area contributed by atoms with Crippen molar-refractivity contribution in [3.63, 3.8) is 0 Å². The van der Waals surface area contributed by atoms with Gasteiger partial charge in [-0.25, -0.2) is 0 Å². The van der Waals surface area contributed by atoms with E-state index in [2.05, 4.69) is 63.3 Å². The van der Waals surface area contributed by atoms with Crippen LogP contribution in [0, 0.1) is 5.92 Å². The Morgan fingerprint density at radius 1 is 1.03 bits per heavy atom. The first-order valence-corrected chi connectivity index (χ1v) is 11.2. The molecule has 2 atom stereocenters. The van der Waals surface area contributed by atoms with Crippen molar-refractivity contribution in [3.05, 3.63) is 75.2 Å². The maximum Gasteiger partial charge on any atom is 0.255 e. The van der Waals surface area contributed by atoms with Crippen LogP contribution in [0.25, 0.3) is 6.08 Å². The van der Waals surface area contributed by atoms with Crippen LogP contribution in [0.4, 0.5) is 0 Å². The quantitative estimate of drug-likeness (QED) is 0.738. The Balaban J connectivity index is 0.00000116. The van der Waals surface area contributed by atoms with Crippen LogP contribution in [-0.2, 0) is 18.5 Å². The first-order chi connectivity index (χ1) is 14.2. The third-order valence-electron chi connectivity index (χ3n) is 7.81. The highest BCUT2D eigenvalue weighted by Gasteiger charge is 2.38. The second-order valence-electron chi connectivity index (χ2n) is 9.51. The van der Waals surface area contributed by atoms with Crippen molar-refractivity contribution in [3.8, 4) is 0 Å². The molecule has 1 spiro atoms. The van der Waals surface area contributed by atoms with Crippen LogP contribution in [0.1, 0.15) is 47.6 Å². The Bertz CT molecular complexity index is 1040. The number of hydrogen-bond donors (Lipinski definition) is 1. The predicted octanol–water partition coefficient (Wildman–Crippen LogP) is 3.96. The summed E-state index contributed by atoms with van der Waals surface area (Å²) < 4.78 is 2.09. The number of piperidine rings is 2. The largest absolute Gasteiger partial charge is 0.316 e. The molecule has 1 aromatic carbocycles. The van der Waals surface area contributed by atoms with Gasteiger partial charge in [-0.1, -0.05) is 42.5 Å². The highest BCUT2D eigenvalue weighted by Crippen LogP contribution is 2.43. The average Bonchev–Trinajstić information content (AvgIpc) is 3.11. The van der Waals surface area contributed by atoms with Gasteiger partial charge >= 0.3 is 0 Å². The number of nitrogens with zero attached hydrogens (tertiary/aromatic N) is 2. The predicted molar refractivity (Wildman–Crippen MR) is 131 cm³/mol. The lowest BCUT2D eigenvalue weighted by Crippen LogP contribution is -2.46. The molecule has 3 aliphatic heterocycles. The average molecular weight is 460 g/mol. The van der Waals surface area contributed by atoms with Gasteiger partial charge in [-0.2, -0.15) is 0 Å². The molecule has 166 valence electrons. The van der Waals surface area contributed by atoms with Gasteiger partial charge in [0.2, 0.25) is 0 Å². The zero-order valence-corrected chi connectivity index (χ0v) is 19.4. The van der Waals surface area contributed by atoms with E-state index in [1.807, 2.05) is 0 Å². The molecule has 2 saturated heterocycles. The molecule has 1 N–H and O–H groups in total. The fraction of sp³-hybridized carbons (Fsp3) is 0.480. The molecular formula is C25H31Cl2N3O. The molecule has 2 bridgehead atoms. The van der Waals surface area contributed by atoms with E-state index in [0.717, 1.165) is 57.7 Å². The molecule has 2 fully saturated rings. The number of benzene rings is 1. The van der Waals surface area contributed by atoms with E-state index in [9.17, 15) is 4.79 Å². The minimum atomic E-state index is 0. The maximum atomic E-state index is 13.2. The summed E-state index contributed by atoms with van der Waals surface area (Å²) in [6, 6.07) is 13.2. The zero-order chi connectivity index (χ0) is 19.4. The monoisotopic (exact) mass is 459 g/mol. The van der Waals surface area contributed by atoms with Crippen LogP contribution >= 0.6 is 24.8 Å². The lowest BCUT2D eigenvalue weighted by Gasteiger charge is -2.40. The van der Waals surface area contributed by atoms with E-state index in [1.165, 1.54) is 23.2 Å². The number of rotatable bonds is 2. The third kappa shape index (κ3) is 3.78. The van der Waals surface area contributed by atoms with Gasteiger partial charge < -0.3 is 9.88 Å². The first-order valence-electron chi connectivity index (χ1n) is 11.2. The zero-order valence-electron chi connectivity index (χ0n) is 17.8. The third-order valence-corrected chi connectivity index (χ3v) is 7.81. The summed E-state index contributed by atoms with van der Waals surface area (Å²) in [5.74, 6) is 1.12. The highest BCUT2D eigenvalue weighted by atomic mass is 35.5. The molecule has 0 radical (unpaired) electrons. The van der Waals surface area contributed by atoms with Crippen LogP contribution in [0.15, 0.2) is 47.3 Å².